The van der Waals surface area contributed by atoms with E-state index in [-0.39, 0.29) is 18.1 Å². The van der Waals surface area contributed by atoms with E-state index in [0.717, 1.165) is 13.0 Å². The lowest BCUT2D eigenvalue weighted by molar-refractivity contribution is 0.185. The standard InChI is InChI=1S/C17H23N5O2/c1-11(2)24-16-8-15(21-17(18)22-16)20-14-10-23-9-13(14)7-12-3-5-19-6-4-12/h3-6,8,11,13-14H,7,9-10H2,1-2H3,(H3,18,20,21,22)/t13-,14+/m1/s1. The van der Waals surface area contributed by atoms with Crippen molar-refractivity contribution in [3.63, 3.8) is 0 Å². The van der Waals surface area contributed by atoms with Crippen LogP contribution in [0.1, 0.15) is 19.4 Å². The second-order valence-electron chi connectivity index (χ2n) is 6.22. The molecule has 0 aliphatic carbocycles. The normalized spacial score (nSPS) is 20.3. The van der Waals surface area contributed by atoms with Crippen LogP contribution in [0.5, 0.6) is 5.88 Å². The summed E-state index contributed by atoms with van der Waals surface area (Å²) in [5, 5.41) is 3.41. The van der Waals surface area contributed by atoms with E-state index in [1.807, 2.05) is 38.4 Å². The summed E-state index contributed by atoms with van der Waals surface area (Å²) in [5.41, 5.74) is 7.04. The minimum Gasteiger partial charge on any atom is -0.475 e. The SMILES string of the molecule is CC(C)Oc1cc(N[C@H]2COC[C@H]2Cc2ccncc2)nc(N)n1. The molecule has 3 rings (SSSR count). The molecule has 3 N–H and O–H groups in total. The van der Waals surface area contributed by atoms with Gasteiger partial charge >= 0.3 is 0 Å². The molecule has 0 unspecified atom stereocenters. The first-order valence-corrected chi connectivity index (χ1v) is 8.14. The molecule has 0 amide bonds. The number of nitrogens with two attached hydrogens (primary N) is 1. The monoisotopic (exact) mass is 329 g/mol. The zero-order chi connectivity index (χ0) is 16.9. The van der Waals surface area contributed by atoms with Gasteiger partial charge in [0.1, 0.15) is 5.82 Å². The summed E-state index contributed by atoms with van der Waals surface area (Å²) < 4.78 is 11.3. The van der Waals surface area contributed by atoms with Crippen molar-refractivity contribution in [1.82, 2.24) is 15.0 Å². The average molecular weight is 329 g/mol. The summed E-state index contributed by atoms with van der Waals surface area (Å²) in [5.74, 6) is 1.69. The van der Waals surface area contributed by atoms with Gasteiger partial charge < -0.3 is 20.5 Å². The number of hydrogen-bond donors (Lipinski definition) is 2. The van der Waals surface area contributed by atoms with Crippen LogP contribution in [-0.2, 0) is 11.2 Å². The molecule has 0 spiro atoms. The first-order valence-electron chi connectivity index (χ1n) is 8.14. The lowest BCUT2D eigenvalue weighted by Crippen LogP contribution is -2.30. The van der Waals surface area contributed by atoms with Crippen LogP contribution in [0.2, 0.25) is 0 Å². The molecule has 24 heavy (non-hydrogen) atoms. The van der Waals surface area contributed by atoms with E-state index < -0.39 is 0 Å². The van der Waals surface area contributed by atoms with Crippen LogP contribution in [0, 0.1) is 5.92 Å². The average Bonchev–Trinajstić information content (AvgIpc) is 2.94. The van der Waals surface area contributed by atoms with Gasteiger partial charge in [-0.15, -0.1) is 0 Å². The molecule has 0 aromatic carbocycles. The molecule has 7 heteroatoms. The van der Waals surface area contributed by atoms with E-state index in [1.165, 1.54) is 5.56 Å². The molecule has 0 bridgehead atoms. The van der Waals surface area contributed by atoms with Crippen LogP contribution in [0.4, 0.5) is 11.8 Å². The first kappa shape index (κ1) is 16.4. The number of pyridine rings is 1. The predicted molar refractivity (Wildman–Crippen MR) is 91.9 cm³/mol. The molecule has 1 fully saturated rings. The number of aromatic nitrogens is 3. The molecule has 0 radical (unpaired) electrons. The summed E-state index contributed by atoms with van der Waals surface area (Å²) in [6, 6.07) is 6.01. The van der Waals surface area contributed by atoms with Gasteiger partial charge in [0.25, 0.3) is 0 Å². The molecule has 2 atom stereocenters. The highest BCUT2D eigenvalue weighted by Gasteiger charge is 2.28. The van der Waals surface area contributed by atoms with Crippen LogP contribution in [0.3, 0.4) is 0 Å². The van der Waals surface area contributed by atoms with Crippen LogP contribution in [-0.4, -0.2) is 40.3 Å². The third-order valence-corrected chi connectivity index (χ3v) is 3.86. The number of rotatable bonds is 6. The molecule has 0 saturated carbocycles. The maximum absolute atomic E-state index is 5.79. The summed E-state index contributed by atoms with van der Waals surface area (Å²) in [4.78, 5) is 12.4. The maximum Gasteiger partial charge on any atom is 0.225 e. The fraction of sp³-hybridized carbons (Fsp3) is 0.471. The Morgan fingerprint density at radius 1 is 1.29 bits per heavy atom. The van der Waals surface area contributed by atoms with Gasteiger partial charge in [-0.3, -0.25) is 4.98 Å². The Hall–Kier alpha value is -2.41. The second-order valence-corrected chi connectivity index (χ2v) is 6.22. The number of nitrogens with zero attached hydrogens (tertiary/aromatic N) is 3. The summed E-state index contributed by atoms with van der Waals surface area (Å²) in [6.45, 7) is 5.25. The minimum absolute atomic E-state index is 0.0291. The predicted octanol–water partition coefficient (Wildman–Crippen LogP) is 1.91. The fourth-order valence-corrected chi connectivity index (χ4v) is 2.79. The van der Waals surface area contributed by atoms with Crippen molar-refractivity contribution in [3.8, 4) is 5.88 Å². The molecule has 1 aliphatic heterocycles. The van der Waals surface area contributed by atoms with Crippen molar-refractivity contribution in [2.75, 3.05) is 24.3 Å². The molecule has 128 valence electrons. The molecule has 1 saturated heterocycles. The quantitative estimate of drug-likeness (QED) is 0.836. The highest BCUT2D eigenvalue weighted by Crippen LogP contribution is 2.24. The lowest BCUT2D eigenvalue weighted by Gasteiger charge is -2.20. The first-order chi connectivity index (χ1) is 11.6. The van der Waals surface area contributed by atoms with Gasteiger partial charge in [0.15, 0.2) is 0 Å². The summed E-state index contributed by atoms with van der Waals surface area (Å²) in [6.07, 6.45) is 4.58. The van der Waals surface area contributed by atoms with Gasteiger partial charge in [-0.1, -0.05) is 0 Å². The molecule has 2 aromatic rings. The summed E-state index contributed by atoms with van der Waals surface area (Å²) in [7, 11) is 0. The zero-order valence-corrected chi connectivity index (χ0v) is 14.0. The van der Waals surface area contributed by atoms with Crippen molar-refractivity contribution >= 4 is 11.8 Å². The largest absolute Gasteiger partial charge is 0.475 e. The number of anilines is 2. The van der Waals surface area contributed by atoms with E-state index >= 15 is 0 Å². The Morgan fingerprint density at radius 3 is 2.83 bits per heavy atom. The second kappa shape index (κ2) is 7.44. The molecule has 2 aromatic heterocycles. The molecule has 3 heterocycles. The van der Waals surface area contributed by atoms with Crippen molar-refractivity contribution in [2.45, 2.75) is 32.4 Å². The maximum atomic E-state index is 5.79. The smallest absolute Gasteiger partial charge is 0.225 e. The Kier molecular flexibility index (Phi) is 5.10. The van der Waals surface area contributed by atoms with Crippen molar-refractivity contribution in [3.05, 3.63) is 36.2 Å². The highest BCUT2D eigenvalue weighted by atomic mass is 16.5. The number of nitrogen functional groups attached to an aromatic ring is 1. The van der Waals surface area contributed by atoms with Gasteiger partial charge in [-0.05, 0) is 38.0 Å². The highest BCUT2D eigenvalue weighted by molar-refractivity contribution is 5.44. The Labute approximate surface area is 141 Å². The van der Waals surface area contributed by atoms with E-state index in [1.54, 1.807) is 6.07 Å². The molecular weight excluding hydrogens is 306 g/mol. The number of nitrogens with one attached hydrogen (secondary N) is 1. The third-order valence-electron chi connectivity index (χ3n) is 3.86. The van der Waals surface area contributed by atoms with Gasteiger partial charge in [0, 0.05) is 24.4 Å². The van der Waals surface area contributed by atoms with Gasteiger partial charge in [-0.2, -0.15) is 9.97 Å². The Morgan fingerprint density at radius 2 is 2.08 bits per heavy atom. The van der Waals surface area contributed by atoms with Gasteiger partial charge in [0.05, 0.1) is 25.4 Å². The fourth-order valence-electron chi connectivity index (χ4n) is 2.79. The van der Waals surface area contributed by atoms with Crippen LogP contribution >= 0.6 is 0 Å². The van der Waals surface area contributed by atoms with Crippen molar-refractivity contribution < 1.29 is 9.47 Å². The van der Waals surface area contributed by atoms with Crippen LogP contribution < -0.4 is 15.8 Å². The van der Waals surface area contributed by atoms with E-state index in [9.17, 15) is 0 Å². The Balaban J connectivity index is 1.69. The van der Waals surface area contributed by atoms with Gasteiger partial charge in [0.2, 0.25) is 11.8 Å². The van der Waals surface area contributed by atoms with E-state index in [4.69, 9.17) is 15.2 Å². The van der Waals surface area contributed by atoms with E-state index in [0.29, 0.717) is 24.2 Å². The zero-order valence-electron chi connectivity index (χ0n) is 14.0. The third kappa shape index (κ3) is 4.32. The molecule has 7 nitrogen and oxygen atoms in total. The molecular formula is C17H23N5O2. The van der Waals surface area contributed by atoms with E-state index in [2.05, 4.69) is 20.3 Å². The van der Waals surface area contributed by atoms with Gasteiger partial charge in [-0.25, -0.2) is 0 Å². The number of ether oxygens (including phenoxy) is 2. The number of hydrogen-bond acceptors (Lipinski definition) is 7. The van der Waals surface area contributed by atoms with Crippen LogP contribution in [0.15, 0.2) is 30.6 Å². The summed E-state index contributed by atoms with van der Waals surface area (Å²) >= 11 is 0. The van der Waals surface area contributed by atoms with Crippen molar-refractivity contribution in [2.24, 2.45) is 5.92 Å². The Bertz CT molecular complexity index is 665. The van der Waals surface area contributed by atoms with Crippen LogP contribution in [0.25, 0.3) is 0 Å². The minimum atomic E-state index is 0.0291. The van der Waals surface area contributed by atoms with Crippen molar-refractivity contribution in [1.29, 1.82) is 0 Å². The lowest BCUT2D eigenvalue weighted by atomic mass is 9.95. The molecule has 1 aliphatic rings. The topological polar surface area (TPSA) is 95.2 Å².